The molecule has 0 aliphatic rings. The van der Waals surface area contributed by atoms with Crippen molar-refractivity contribution < 1.29 is 4.79 Å². The molecule has 0 bridgehead atoms. The van der Waals surface area contributed by atoms with Crippen LogP contribution in [0.25, 0.3) is 0 Å². The van der Waals surface area contributed by atoms with Gasteiger partial charge in [-0.25, -0.2) is 0 Å². The Labute approximate surface area is 126 Å². The molecule has 21 heavy (non-hydrogen) atoms. The fraction of sp³-hybridized carbons (Fsp3) is 0.353. The van der Waals surface area contributed by atoms with Crippen molar-refractivity contribution in [1.82, 2.24) is 9.47 Å². The fourth-order valence-corrected chi connectivity index (χ4v) is 2.41. The van der Waals surface area contributed by atoms with Crippen LogP contribution in [-0.4, -0.2) is 22.4 Å². The van der Waals surface area contributed by atoms with E-state index in [0.717, 1.165) is 5.56 Å². The molecule has 2 rings (SSSR count). The smallest absolute Gasteiger partial charge is 0.270 e. The highest BCUT2D eigenvalue weighted by Crippen LogP contribution is 2.19. The van der Waals surface area contributed by atoms with Crippen molar-refractivity contribution in [3.05, 3.63) is 53.3 Å². The van der Waals surface area contributed by atoms with Gasteiger partial charge in [-0.3, -0.25) is 4.79 Å². The van der Waals surface area contributed by atoms with E-state index < -0.39 is 0 Å². The van der Waals surface area contributed by atoms with Crippen LogP contribution < -0.4 is 5.73 Å². The van der Waals surface area contributed by atoms with E-state index in [1.54, 1.807) is 11.0 Å². The van der Waals surface area contributed by atoms with Gasteiger partial charge in [0.1, 0.15) is 5.69 Å². The topological polar surface area (TPSA) is 51.3 Å². The summed E-state index contributed by atoms with van der Waals surface area (Å²) in [4.78, 5) is 14.4. The van der Waals surface area contributed by atoms with Gasteiger partial charge in [0.2, 0.25) is 0 Å². The second-order valence-electron chi connectivity index (χ2n) is 5.75. The highest BCUT2D eigenvalue weighted by atomic mass is 16.2. The Bertz CT molecular complexity index is 643. The lowest BCUT2D eigenvalue weighted by Crippen LogP contribution is -2.28. The monoisotopic (exact) mass is 285 g/mol. The van der Waals surface area contributed by atoms with E-state index >= 15 is 0 Å². The molecular weight excluding hydrogens is 262 g/mol. The number of benzene rings is 1. The molecule has 0 fully saturated rings. The van der Waals surface area contributed by atoms with Crippen molar-refractivity contribution >= 4 is 11.6 Å². The number of anilines is 1. The molecule has 2 aromatic rings. The molecule has 112 valence electrons. The number of hydrogen-bond donors (Lipinski definition) is 1. The minimum absolute atomic E-state index is 0.0105. The van der Waals surface area contributed by atoms with Crippen LogP contribution in [0.5, 0.6) is 0 Å². The first-order chi connectivity index (χ1) is 9.90. The van der Waals surface area contributed by atoms with E-state index in [2.05, 4.69) is 19.1 Å². The molecule has 1 aromatic heterocycles. The van der Waals surface area contributed by atoms with Crippen LogP contribution in [-0.2, 0) is 6.54 Å². The Morgan fingerprint density at radius 1 is 1.33 bits per heavy atom. The van der Waals surface area contributed by atoms with Gasteiger partial charge in [-0.15, -0.1) is 0 Å². The third kappa shape index (κ3) is 3.27. The third-order valence-electron chi connectivity index (χ3n) is 3.66. The van der Waals surface area contributed by atoms with Crippen molar-refractivity contribution in [1.29, 1.82) is 0 Å². The SMILES string of the molecule is Cc1ccccc1CN(C)C(=O)c1cc(N)cn1C(C)C. The third-order valence-corrected chi connectivity index (χ3v) is 3.66. The molecule has 2 N–H and O–H groups in total. The van der Waals surface area contributed by atoms with Crippen LogP contribution in [0, 0.1) is 6.92 Å². The zero-order valence-electron chi connectivity index (χ0n) is 13.1. The van der Waals surface area contributed by atoms with Crippen LogP contribution in [0.2, 0.25) is 0 Å². The summed E-state index contributed by atoms with van der Waals surface area (Å²) in [5.41, 5.74) is 9.45. The Hall–Kier alpha value is -2.23. The van der Waals surface area contributed by atoms with Crippen LogP contribution in [0.1, 0.15) is 41.5 Å². The Morgan fingerprint density at radius 3 is 2.62 bits per heavy atom. The lowest BCUT2D eigenvalue weighted by molar-refractivity contribution is 0.0772. The van der Waals surface area contributed by atoms with E-state index in [1.807, 2.05) is 43.8 Å². The highest BCUT2D eigenvalue weighted by molar-refractivity contribution is 5.93. The van der Waals surface area contributed by atoms with Gasteiger partial charge in [-0.1, -0.05) is 24.3 Å². The van der Waals surface area contributed by atoms with E-state index in [9.17, 15) is 4.79 Å². The van der Waals surface area contributed by atoms with Crippen LogP contribution in [0.3, 0.4) is 0 Å². The molecule has 0 atom stereocenters. The summed E-state index contributed by atoms with van der Waals surface area (Å²) < 4.78 is 1.92. The zero-order valence-corrected chi connectivity index (χ0v) is 13.1. The molecule has 4 nitrogen and oxygen atoms in total. The molecular formula is C17H23N3O. The predicted molar refractivity (Wildman–Crippen MR) is 86.2 cm³/mol. The van der Waals surface area contributed by atoms with Crippen molar-refractivity contribution in [2.75, 3.05) is 12.8 Å². The number of nitrogens with two attached hydrogens (primary N) is 1. The minimum atomic E-state index is -0.0105. The number of nitrogens with zero attached hydrogens (tertiary/aromatic N) is 2. The number of aromatic nitrogens is 1. The summed E-state index contributed by atoms with van der Waals surface area (Å²) in [6.45, 7) is 6.73. The second kappa shape index (κ2) is 6.04. The lowest BCUT2D eigenvalue weighted by Gasteiger charge is -2.20. The molecule has 0 saturated heterocycles. The average Bonchev–Trinajstić information content (AvgIpc) is 2.82. The largest absolute Gasteiger partial charge is 0.397 e. The van der Waals surface area contributed by atoms with Crippen molar-refractivity contribution in [3.8, 4) is 0 Å². The number of carbonyl (C=O) groups is 1. The quantitative estimate of drug-likeness (QED) is 0.937. The number of nitrogen functional groups attached to an aromatic ring is 1. The van der Waals surface area contributed by atoms with Gasteiger partial charge in [0.15, 0.2) is 0 Å². The standard InChI is InChI=1S/C17H23N3O/c1-12(2)20-11-15(18)9-16(20)17(21)19(4)10-14-8-6-5-7-13(14)3/h5-9,11-12H,10,18H2,1-4H3. The summed E-state index contributed by atoms with van der Waals surface area (Å²) >= 11 is 0. The molecule has 0 saturated carbocycles. The molecule has 0 radical (unpaired) electrons. The van der Waals surface area contributed by atoms with Gasteiger partial charge in [-0.2, -0.15) is 0 Å². The van der Waals surface area contributed by atoms with E-state index in [4.69, 9.17) is 5.73 Å². The van der Waals surface area contributed by atoms with Gasteiger partial charge < -0.3 is 15.2 Å². The first-order valence-corrected chi connectivity index (χ1v) is 7.17. The van der Waals surface area contributed by atoms with Crippen LogP contribution >= 0.6 is 0 Å². The minimum Gasteiger partial charge on any atom is -0.397 e. The predicted octanol–water partition coefficient (Wildman–Crippen LogP) is 3.23. The highest BCUT2D eigenvalue weighted by Gasteiger charge is 2.19. The Kier molecular flexibility index (Phi) is 4.36. The van der Waals surface area contributed by atoms with Crippen molar-refractivity contribution in [2.24, 2.45) is 0 Å². The molecule has 1 amide bonds. The molecule has 0 spiro atoms. The number of amides is 1. The number of aryl methyl sites for hydroxylation is 1. The summed E-state index contributed by atoms with van der Waals surface area (Å²) in [7, 11) is 1.82. The number of carbonyl (C=O) groups excluding carboxylic acids is 1. The normalized spacial score (nSPS) is 10.9. The summed E-state index contributed by atoms with van der Waals surface area (Å²) in [5.74, 6) is -0.0105. The maximum absolute atomic E-state index is 12.6. The fourth-order valence-electron chi connectivity index (χ4n) is 2.41. The molecule has 1 heterocycles. The lowest BCUT2D eigenvalue weighted by atomic mass is 10.1. The first-order valence-electron chi connectivity index (χ1n) is 7.17. The van der Waals surface area contributed by atoms with E-state index in [-0.39, 0.29) is 11.9 Å². The van der Waals surface area contributed by atoms with Gasteiger partial charge in [0.05, 0.1) is 5.69 Å². The Balaban J connectivity index is 2.22. The average molecular weight is 285 g/mol. The number of hydrogen-bond acceptors (Lipinski definition) is 2. The zero-order chi connectivity index (χ0) is 15.6. The van der Waals surface area contributed by atoms with Gasteiger partial charge >= 0.3 is 0 Å². The molecule has 0 unspecified atom stereocenters. The summed E-state index contributed by atoms with van der Waals surface area (Å²) in [6.07, 6.45) is 1.82. The van der Waals surface area contributed by atoms with E-state index in [0.29, 0.717) is 17.9 Å². The van der Waals surface area contributed by atoms with Gasteiger partial charge in [0, 0.05) is 25.8 Å². The van der Waals surface area contributed by atoms with Gasteiger partial charge in [-0.05, 0) is 38.0 Å². The van der Waals surface area contributed by atoms with Crippen LogP contribution in [0.15, 0.2) is 36.5 Å². The Morgan fingerprint density at radius 2 is 2.00 bits per heavy atom. The number of rotatable bonds is 4. The molecule has 0 aliphatic heterocycles. The van der Waals surface area contributed by atoms with Crippen molar-refractivity contribution in [3.63, 3.8) is 0 Å². The molecule has 4 heteroatoms. The van der Waals surface area contributed by atoms with Crippen molar-refractivity contribution in [2.45, 2.75) is 33.4 Å². The maximum Gasteiger partial charge on any atom is 0.270 e. The van der Waals surface area contributed by atoms with E-state index in [1.165, 1.54) is 5.56 Å². The van der Waals surface area contributed by atoms with Crippen LogP contribution in [0.4, 0.5) is 5.69 Å². The summed E-state index contributed by atoms with van der Waals surface area (Å²) in [5, 5.41) is 0. The first kappa shape index (κ1) is 15.2. The molecule has 0 aliphatic carbocycles. The maximum atomic E-state index is 12.6. The summed E-state index contributed by atoms with van der Waals surface area (Å²) in [6, 6.07) is 10.1. The second-order valence-corrected chi connectivity index (χ2v) is 5.75. The molecule has 1 aromatic carbocycles. The van der Waals surface area contributed by atoms with Gasteiger partial charge in [0.25, 0.3) is 5.91 Å².